The van der Waals surface area contributed by atoms with Gasteiger partial charge in [0.2, 0.25) is 0 Å². The van der Waals surface area contributed by atoms with Gasteiger partial charge in [0.05, 0.1) is 22.8 Å². The zero-order valence-corrected chi connectivity index (χ0v) is 10.2. The molecule has 20 heavy (non-hydrogen) atoms. The van der Waals surface area contributed by atoms with E-state index in [0.29, 0.717) is 6.08 Å². The number of alkyl halides is 6. The van der Waals surface area contributed by atoms with E-state index in [9.17, 15) is 26.3 Å². The molecule has 108 valence electrons. The van der Waals surface area contributed by atoms with Gasteiger partial charge in [0, 0.05) is 11.8 Å². The van der Waals surface area contributed by atoms with E-state index >= 15 is 0 Å². The molecule has 0 unspecified atom stereocenters. The van der Waals surface area contributed by atoms with E-state index in [1.165, 1.54) is 0 Å². The van der Waals surface area contributed by atoms with Gasteiger partial charge in [0.1, 0.15) is 6.07 Å². The first-order valence-electron chi connectivity index (χ1n) is 5.32. The van der Waals surface area contributed by atoms with Crippen molar-refractivity contribution in [3.8, 4) is 12.1 Å². The molecule has 0 fully saturated rings. The number of rotatable bonds is 1. The molecule has 0 radical (unpaired) electrons. The van der Waals surface area contributed by atoms with Crippen molar-refractivity contribution in [3.63, 3.8) is 0 Å². The topological polar surface area (TPSA) is 47.6 Å². The van der Waals surface area contributed by atoms with Gasteiger partial charge >= 0.3 is 12.4 Å². The SMILES string of the molecule is C[C@@]1(CC#N)C=C(C(F)(F)F)C(C#N)=C(C(F)(F)F)C1. The Labute approximate surface area is 110 Å². The summed E-state index contributed by atoms with van der Waals surface area (Å²) in [4.78, 5) is 0. The first-order chi connectivity index (χ1) is 8.94. The molecule has 0 amide bonds. The van der Waals surface area contributed by atoms with Crippen LogP contribution in [0.3, 0.4) is 0 Å². The molecule has 1 atom stereocenters. The molecule has 1 rings (SSSR count). The van der Waals surface area contributed by atoms with Gasteiger partial charge < -0.3 is 0 Å². The predicted molar refractivity (Wildman–Crippen MR) is 55.8 cm³/mol. The van der Waals surface area contributed by atoms with E-state index in [-0.39, 0.29) is 0 Å². The minimum atomic E-state index is -5.08. The first-order valence-corrected chi connectivity index (χ1v) is 5.32. The fraction of sp³-hybridized carbons (Fsp3) is 0.500. The minimum absolute atomic E-state index is 0.509. The fourth-order valence-corrected chi connectivity index (χ4v) is 2.01. The van der Waals surface area contributed by atoms with Crippen molar-refractivity contribution in [2.75, 3.05) is 0 Å². The summed E-state index contributed by atoms with van der Waals surface area (Å²) in [5, 5.41) is 17.2. The van der Waals surface area contributed by atoms with Crippen molar-refractivity contribution >= 4 is 0 Å². The molecule has 0 saturated carbocycles. The quantitative estimate of drug-likeness (QED) is 0.681. The summed E-state index contributed by atoms with van der Waals surface area (Å²) in [7, 11) is 0. The van der Waals surface area contributed by atoms with Crippen LogP contribution in [0, 0.1) is 28.1 Å². The highest BCUT2D eigenvalue weighted by Crippen LogP contribution is 2.49. The summed E-state index contributed by atoms with van der Waals surface area (Å²) in [6.07, 6.45) is -10.9. The van der Waals surface area contributed by atoms with Gasteiger partial charge in [-0.2, -0.15) is 36.9 Å². The molecule has 0 N–H and O–H groups in total. The van der Waals surface area contributed by atoms with Crippen LogP contribution in [-0.4, -0.2) is 12.4 Å². The van der Waals surface area contributed by atoms with Crippen LogP contribution in [0.15, 0.2) is 22.8 Å². The molecular weight excluding hydrogens is 286 g/mol. The maximum absolute atomic E-state index is 12.8. The molecule has 1 aliphatic rings. The molecular formula is C12H8F6N2. The highest BCUT2D eigenvalue weighted by molar-refractivity contribution is 5.53. The summed E-state index contributed by atoms with van der Waals surface area (Å²) in [5.41, 5.74) is -6.19. The van der Waals surface area contributed by atoms with Crippen LogP contribution in [0.1, 0.15) is 19.8 Å². The second-order valence-electron chi connectivity index (χ2n) is 4.68. The van der Waals surface area contributed by atoms with Crippen LogP contribution in [0.25, 0.3) is 0 Å². The summed E-state index contributed by atoms with van der Waals surface area (Å²) < 4.78 is 77.0. The van der Waals surface area contributed by atoms with Crippen LogP contribution in [0.2, 0.25) is 0 Å². The van der Waals surface area contributed by atoms with E-state index in [0.717, 1.165) is 13.0 Å². The van der Waals surface area contributed by atoms with E-state index in [2.05, 4.69) is 0 Å². The van der Waals surface area contributed by atoms with Gasteiger partial charge in [-0.15, -0.1) is 0 Å². The van der Waals surface area contributed by atoms with Crippen molar-refractivity contribution in [2.45, 2.75) is 32.1 Å². The Morgan fingerprint density at radius 1 is 1.15 bits per heavy atom. The lowest BCUT2D eigenvalue weighted by atomic mass is 9.73. The molecule has 2 nitrogen and oxygen atoms in total. The number of hydrogen-bond donors (Lipinski definition) is 0. The van der Waals surface area contributed by atoms with Gasteiger partial charge in [-0.3, -0.25) is 0 Å². The molecule has 0 spiro atoms. The van der Waals surface area contributed by atoms with E-state index in [1.54, 1.807) is 6.07 Å². The van der Waals surface area contributed by atoms with Gasteiger partial charge in [-0.1, -0.05) is 13.0 Å². The molecule has 0 aromatic carbocycles. The number of allylic oxidation sites excluding steroid dienone is 4. The fourth-order valence-electron chi connectivity index (χ4n) is 2.01. The summed E-state index contributed by atoms with van der Waals surface area (Å²) in [6.45, 7) is 1.13. The Bertz CT molecular complexity index is 552. The second kappa shape index (κ2) is 4.86. The third-order valence-electron chi connectivity index (χ3n) is 2.89. The maximum atomic E-state index is 12.8. The Morgan fingerprint density at radius 2 is 1.70 bits per heavy atom. The molecule has 0 aromatic rings. The van der Waals surface area contributed by atoms with Gasteiger partial charge in [0.15, 0.2) is 0 Å². The third-order valence-corrected chi connectivity index (χ3v) is 2.89. The van der Waals surface area contributed by atoms with Gasteiger partial charge in [-0.25, -0.2) is 0 Å². The zero-order valence-electron chi connectivity index (χ0n) is 10.2. The average Bonchev–Trinajstić information content (AvgIpc) is 2.25. The predicted octanol–water partition coefficient (Wildman–Crippen LogP) is 4.18. The normalized spacial score (nSPS) is 23.9. The van der Waals surface area contributed by atoms with Crippen molar-refractivity contribution in [3.05, 3.63) is 22.8 Å². The average molecular weight is 294 g/mol. The monoisotopic (exact) mass is 294 g/mol. The molecule has 0 heterocycles. The first kappa shape index (κ1) is 16.1. The van der Waals surface area contributed by atoms with Crippen molar-refractivity contribution in [2.24, 2.45) is 5.41 Å². The van der Waals surface area contributed by atoms with Gasteiger partial charge in [-0.05, 0) is 6.42 Å². The Kier molecular flexibility index (Phi) is 3.91. The molecule has 8 heteroatoms. The van der Waals surface area contributed by atoms with Crippen LogP contribution >= 0.6 is 0 Å². The summed E-state index contributed by atoms with van der Waals surface area (Å²) in [5.74, 6) is 0. The zero-order chi connectivity index (χ0) is 15.8. The van der Waals surface area contributed by atoms with E-state index < -0.39 is 47.3 Å². The second-order valence-corrected chi connectivity index (χ2v) is 4.68. The molecule has 0 aromatic heterocycles. The summed E-state index contributed by atoms with van der Waals surface area (Å²) in [6, 6.07) is 2.56. The Balaban J connectivity index is 3.57. The number of nitrogens with zero attached hydrogens (tertiary/aromatic N) is 2. The Morgan fingerprint density at radius 3 is 2.05 bits per heavy atom. The van der Waals surface area contributed by atoms with Gasteiger partial charge in [0.25, 0.3) is 0 Å². The molecule has 0 saturated heterocycles. The van der Waals surface area contributed by atoms with E-state index in [4.69, 9.17) is 10.5 Å². The lowest BCUT2D eigenvalue weighted by Gasteiger charge is -2.32. The lowest BCUT2D eigenvalue weighted by molar-refractivity contribution is -0.103. The lowest BCUT2D eigenvalue weighted by Crippen LogP contribution is -2.30. The number of nitriles is 2. The minimum Gasteiger partial charge on any atom is -0.198 e. The standard InChI is InChI=1S/C12H8F6N2/c1-10(2-3-19)4-8(11(13,14)15)7(6-20)9(5-10)12(16,17)18/h4H,2,5H2,1H3/t10-/m1/s1. The van der Waals surface area contributed by atoms with Crippen LogP contribution < -0.4 is 0 Å². The number of halogens is 6. The van der Waals surface area contributed by atoms with Crippen molar-refractivity contribution < 1.29 is 26.3 Å². The van der Waals surface area contributed by atoms with Crippen molar-refractivity contribution in [1.29, 1.82) is 10.5 Å². The molecule has 1 aliphatic carbocycles. The maximum Gasteiger partial charge on any atom is 0.417 e. The Hall–Kier alpha value is -1.96. The van der Waals surface area contributed by atoms with E-state index in [1.807, 2.05) is 0 Å². The highest BCUT2D eigenvalue weighted by atomic mass is 19.4. The summed E-state index contributed by atoms with van der Waals surface area (Å²) >= 11 is 0. The highest BCUT2D eigenvalue weighted by Gasteiger charge is 2.49. The smallest absolute Gasteiger partial charge is 0.198 e. The van der Waals surface area contributed by atoms with Crippen LogP contribution in [-0.2, 0) is 0 Å². The number of hydrogen-bond acceptors (Lipinski definition) is 2. The molecule has 0 aliphatic heterocycles. The van der Waals surface area contributed by atoms with Crippen molar-refractivity contribution in [1.82, 2.24) is 0 Å². The largest absolute Gasteiger partial charge is 0.417 e. The third kappa shape index (κ3) is 3.13. The van der Waals surface area contributed by atoms with Crippen LogP contribution in [0.5, 0.6) is 0 Å². The van der Waals surface area contributed by atoms with Crippen LogP contribution in [0.4, 0.5) is 26.3 Å². The molecule has 0 bridgehead atoms.